The first kappa shape index (κ1) is 24.4. The maximum Gasteiger partial charge on any atom is 0.335 e. The third kappa shape index (κ3) is 4.84. The molecule has 3 aromatic carbocycles. The lowest BCUT2D eigenvalue weighted by atomic mass is 10.0. The largest absolute Gasteiger partial charge is 0.489 e. The summed E-state index contributed by atoms with van der Waals surface area (Å²) in [7, 11) is 0. The van der Waals surface area contributed by atoms with E-state index in [-0.39, 0.29) is 12.2 Å². The van der Waals surface area contributed by atoms with Crippen molar-refractivity contribution in [1.82, 2.24) is 5.16 Å². The second-order valence-corrected chi connectivity index (χ2v) is 10.8. The van der Waals surface area contributed by atoms with Crippen molar-refractivity contribution >= 4 is 40.8 Å². The van der Waals surface area contributed by atoms with E-state index in [1.54, 1.807) is 30.3 Å². The lowest BCUT2D eigenvalue weighted by Crippen LogP contribution is -2.00. The fraction of sp³-hybridized carbons (Fsp3) is 0.241. The van der Waals surface area contributed by atoms with E-state index in [9.17, 15) is 4.79 Å². The van der Waals surface area contributed by atoms with Gasteiger partial charge in [0.2, 0.25) is 0 Å². The second kappa shape index (κ2) is 9.71. The maximum atomic E-state index is 11.1. The number of carboxylic acids is 1. The van der Waals surface area contributed by atoms with Crippen LogP contribution in [-0.2, 0) is 6.61 Å². The van der Waals surface area contributed by atoms with Gasteiger partial charge in [0.25, 0.3) is 0 Å². The summed E-state index contributed by atoms with van der Waals surface area (Å²) in [6.45, 7) is 0.254. The number of hydrogen-bond acceptors (Lipinski definition) is 4. The summed E-state index contributed by atoms with van der Waals surface area (Å²) in [4.78, 5) is 11.1. The molecule has 1 N–H and O–H groups in total. The van der Waals surface area contributed by atoms with Crippen LogP contribution in [0.15, 0.2) is 65.2 Å². The van der Waals surface area contributed by atoms with E-state index in [2.05, 4.69) is 5.16 Å². The quantitative estimate of drug-likeness (QED) is 0.236. The smallest absolute Gasteiger partial charge is 0.335 e. The number of rotatable bonds is 8. The molecule has 2 saturated carbocycles. The van der Waals surface area contributed by atoms with Gasteiger partial charge in [-0.25, -0.2) is 4.79 Å². The van der Waals surface area contributed by atoms with Crippen LogP contribution in [0.5, 0.6) is 5.75 Å². The van der Waals surface area contributed by atoms with Gasteiger partial charge in [-0.3, -0.25) is 0 Å². The van der Waals surface area contributed by atoms with Gasteiger partial charge in [-0.1, -0.05) is 64.2 Å². The van der Waals surface area contributed by atoms with E-state index in [0.717, 1.165) is 41.7 Å². The Morgan fingerprint density at radius 2 is 1.70 bits per heavy atom. The molecule has 2 aliphatic rings. The lowest BCUT2D eigenvalue weighted by molar-refractivity contribution is 0.0697. The number of halogens is 3. The SMILES string of the molecule is O=C(O)c1ccc([C@@H]2CC2c2ccc(OCc3c(-c4c(Cl)cccc4Cl)noc3C3CC3)cc2Cl)cc1. The molecule has 2 fully saturated rings. The average molecular weight is 555 g/mol. The summed E-state index contributed by atoms with van der Waals surface area (Å²) >= 11 is 19.6. The third-order valence-electron chi connectivity index (χ3n) is 7.10. The molecule has 0 bridgehead atoms. The number of benzene rings is 3. The molecule has 4 aromatic rings. The molecule has 1 aromatic heterocycles. The van der Waals surface area contributed by atoms with Crippen molar-refractivity contribution in [3.8, 4) is 17.0 Å². The van der Waals surface area contributed by atoms with E-state index in [1.165, 1.54) is 0 Å². The summed E-state index contributed by atoms with van der Waals surface area (Å²) in [5.41, 5.74) is 4.58. The maximum absolute atomic E-state index is 11.1. The molecule has 5 nitrogen and oxygen atoms in total. The Morgan fingerprint density at radius 3 is 2.35 bits per heavy atom. The summed E-state index contributed by atoms with van der Waals surface area (Å²) in [6, 6.07) is 18.2. The Labute approximate surface area is 228 Å². The van der Waals surface area contributed by atoms with Gasteiger partial charge in [0, 0.05) is 16.5 Å². The molecule has 1 heterocycles. The molecule has 188 valence electrons. The standard InChI is InChI=1S/C29H22Cl3NO4/c30-23-2-1-3-24(31)26(23)27-22(28(37-33-27)16-6-7-16)14-36-18-10-11-19(25(32)12-18)21-13-20(21)15-4-8-17(9-5-15)29(34)35/h1-5,8-12,16,20-21H,6-7,13-14H2,(H,34,35)/t20-,21?/m0/s1. The minimum absolute atomic E-state index is 0.254. The van der Waals surface area contributed by atoms with Crippen LogP contribution in [0.25, 0.3) is 11.3 Å². The fourth-order valence-electron chi connectivity index (χ4n) is 4.88. The molecule has 8 heteroatoms. The zero-order chi connectivity index (χ0) is 25.7. The zero-order valence-electron chi connectivity index (χ0n) is 19.6. The number of carbonyl (C=O) groups is 1. The first-order valence-corrected chi connectivity index (χ1v) is 13.2. The van der Waals surface area contributed by atoms with Gasteiger partial charge in [0.1, 0.15) is 23.8 Å². The number of aromatic nitrogens is 1. The molecule has 2 atom stereocenters. The van der Waals surface area contributed by atoms with Crippen LogP contribution < -0.4 is 4.74 Å². The van der Waals surface area contributed by atoms with Crippen LogP contribution in [-0.4, -0.2) is 16.2 Å². The van der Waals surface area contributed by atoms with Gasteiger partial charge >= 0.3 is 5.97 Å². The molecular weight excluding hydrogens is 533 g/mol. The number of aromatic carboxylic acids is 1. The first-order valence-electron chi connectivity index (χ1n) is 12.1. The number of carboxylic acid groups (broad SMARTS) is 1. The highest BCUT2D eigenvalue weighted by atomic mass is 35.5. The molecular formula is C29H22Cl3NO4. The number of hydrogen-bond donors (Lipinski definition) is 1. The Kier molecular flexibility index (Phi) is 6.39. The van der Waals surface area contributed by atoms with E-state index in [4.69, 9.17) is 49.2 Å². The molecule has 0 amide bonds. The lowest BCUT2D eigenvalue weighted by Gasteiger charge is -2.11. The van der Waals surface area contributed by atoms with Gasteiger partial charge in [-0.2, -0.15) is 0 Å². The van der Waals surface area contributed by atoms with Crippen molar-refractivity contribution in [2.45, 2.75) is 43.6 Å². The molecule has 0 radical (unpaired) electrons. The normalized spacial score (nSPS) is 18.6. The molecule has 0 spiro atoms. The van der Waals surface area contributed by atoms with Crippen molar-refractivity contribution in [3.05, 3.63) is 104 Å². The molecule has 1 unspecified atom stereocenters. The summed E-state index contributed by atoms with van der Waals surface area (Å²) < 4.78 is 11.9. The Hall–Kier alpha value is -2.99. The minimum atomic E-state index is -0.921. The first-order chi connectivity index (χ1) is 17.9. The van der Waals surface area contributed by atoms with Gasteiger partial charge in [-0.05, 0) is 78.6 Å². The van der Waals surface area contributed by atoms with Gasteiger partial charge < -0.3 is 14.4 Å². The van der Waals surface area contributed by atoms with Crippen LogP contribution in [0.1, 0.15) is 69.8 Å². The van der Waals surface area contributed by atoms with Crippen molar-refractivity contribution in [1.29, 1.82) is 0 Å². The Morgan fingerprint density at radius 1 is 0.973 bits per heavy atom. The highest BCUT2D eigenvalue weighted by Gasteiger charge is 2.40. The van der Waals surface area contributed by atoms with Gasteiger partial charge in [0.15, 0.2) is 0 Å². The van der Waals surface area contributed by atoms with E-state index in [0.29, 0.717) is 49.8 Å². The molecule has 6 rings (SSSR count). The molecule has 37 heavy (non-hydrogen) atoms. The van der Waals surface area contributed by atoms with Crippen LogP contribution >= 0.6 is 34.8 Å². The Bertz CT molecular complexity index is 1470. The summed E-state index contributed by atoms with van der Waals surface area (Å²) in [5.74, 6) is 1.51. The highest BCUT2D eigenvalue weighted by Crippen LogP contribution is 2.56. The minimum Gasteiger partial charge on any atom is -0.489 e. The van der Waals surface area contributed by atoms with Crippen molar-refractivity contribution in [2.75, 3.05) is 0 Å². The third-order valence-corrected chi connectivity index (χ3v) is 8.05. The van der Waals surface area contributed by atoms with E-state index in [1.807, 2.05) is 30.3 Å². The topological polar surface area (TPSA) is 72.6 Å². The molecule has 0 aliphatic heterocycles. The summed E-state index contributed by atoms with van der Waals surface area (Å²) in [6.07, 6.45) is 3.08. The average Bonchev–Trinajstić information content (AvgIpc) is 3.81. The fourth-order valence-corrected chi connectivity index (χ4v) is 5.77. The van der Waals surface area contributed by atoms with Crippen molar-refractivity contribution < 1.29 is 19.2 Å². The zero-order valence-corrected chi connectivity index (χ0v) is 21.9. The summed E-state index contributed by atoms with van der Waals surface area (Å²) in [5, 5.41) is 15.1. The predicted octanol–water partition coefficient (Wildman–Crippen LogP) is 8.73. The second-order valence-electron chi connectivity index (χ2n) is 9.59. The molecule has 2 aliphatic carbocycles. The predicted molar refractivity (Wildman–Crippen MR) is 143 cm³/mol. The van der Waals surface area contributed by atoms with Crippen molar-refractivity contribution in [3.63, 3.8) is 0 Å². The number of ether oxygens (including phenoxy) is 1. The number of nitrogens with zero attached hydrogens (tertiary/aromatic N) is 1. The van der Waals surface area contributed by atoms with E-state index < -0.39 is 5.97 Å². The highest BCUT2D eigenvalue weighted by molar-refractivity contribution is 6.39. The Balaban J connectivity index is 1.19. The van der Waals surface area contributed by atoms with Crippen LogP contribution in [0, 0.1) is 0 Å². The van der Waals surface area contributed by atoms with Crippen LogP contribution in [0.4, 0.5) is 0 Å². The molecule has 0 saturated heterocycles. The van der Waals surface area contributed by atoms with Crippen LogP contribution in [0.3, 0.4) is 0 Å². The van der Waals surface area contributed by atoms with Gasteiger partial charge in [-0.15, -0.1) is 0 Å². The van der Waals surface area contributed by atoms with Crippen LogP contribution in [0.2, 0.25) is 15.1 Å². The van der Waals surface area contributed by atoms with Gasteiger partial charge in [0.05, 0.1) is 21.2 Å². The monoisotopic (exact) mass is 553 g/mol. The van der Waals surface area contributed by atoms with E-state index >= 15 is 0 Å². The van der Waals surface area contributed by atoms with Crippen molar-refractivity contribution in [2.24, 2.45) is 0 Å².